The molecular weight excluding hydrogens is 346 g/mol. The van der Waals surface area contributed by atoms with Crippen LogP contribution in [0.2, 0.25) is 0 Å². The number of benzene rings is 2. The van der Waals surface area contributed by atoms with Gasteiger partial charge in [0.05, 0.1) is 25.0 Å². The fourth-order valence-corrected chi connectivity index (χ4v) is 2.89. The van der Waals surface area contributed by atoms with Crippen molar-refractivity contribution in [2.45, 2.75) is 6.04 Å². The molecule has 0 saturated carbocycles. The summed E-state index contributed by atoms with van der Waals surface area (Å²) in [4.78, 5) is 23.3. The number of halogens is 1. The Kier molecular flexibility index (Phi) is 5.04. The van der Waals surface area contributed by atoms with Gasteiger partial charge >= 0.3 is 6.03 Å². The summed E-state index contributed by atoms with van der Waals surface area (Å²) < 4.78 is 11.3. The van der Waals surface area contributed by atoms with Crippen LogP contribution in [0.3, 0.4) is 0 Å². The molecule has 0 fully saturated rings. The largest absolute Gasteiger partial charge is 0.493 e. The average molecular weight is 362 g/mol. The van der Waals surface area contributed by atoms with Crippen LogP contribution in [0.1, 0.15) is 17.2 Å². The van der Waals surface area contributed by atoms with Crippen LogP contribution < -0.4 is 14.8 Å². The number of fused-ring (bicyclic) bond motifs is 2. The summed E-state index contributed by atoms with van der Waals surface area (Å²) in [5, 5.41) is 6.29. The van der Waals surface area contributed by atoms with E-state index in [2.05, 4.69) is 10.6 Å². The van der Waals surface area contributed by atoms with Crippen LogP contribution in [-0.2, 0) is 0 Å². The molecule has 1 N–H and O–H groups in total. The van der Waals surface area contributed by atoms with Gasteiger partial charge in [-0.2, -0.15) is 5.01 Å². The standard InChI is InChI=1S/C17H16ClN3O4/c1-24-14-8-4-6-12-15(19-17(22)21(20-23)10-9-18)11-5-2-3-7-13(11)25-16(12)14/h2-8,15H,9-10H2,1H3,(H,19,22). The maximum absolute atomic E-state index is 12.4. The Morgan fingerprint density at radius 2 is 2.04 bits per heavy atom. The maximum atomic E-state index is 12.4. The first-order valence-corrected chi connectivity index (χ1v) is 8.14. The third kappa shape index (κ3) is 3.23. The molecule has 2 aromatic carbocycles. The Morgan fingerprint density at radius 3 is 2.76 bits per heavy atom. The van der Waals surface area contributed by atoms with Crippen molar-refractivity contribution < 1.29 is 14.3 Å². The number of alkyl halides is 1. The Hall–Kier alpha value is -2.80. The highest BCUT2D eigenvalue weighted by molar-refractivity contribution is 6.18. The van der Waals surface area contributed by atoms with E-state index in [4.69, 9.17) is 21.1 Å². The zero-order valence-corrected chi connectivity index (χ0v) is 14.2. The number of carbonyl (C=O) groups is 1. The summed E-state index contributed by atoms with van der Waals surface area (Å²) in [6.45, 7) is 0.0206. The first kappa shape index (κ1) is 17.0. The maximum Gasteiger partial charge on any atom is 0.341 e. The van der Waals surface area contributed by atoms with Crippen molar-refractivity contribution in [2.24, 2.45) is 5.29 Å². The van der Waals surface area contributed by atoms with Gasteiger partial charge in [0.15, 0.2) is 11.5 Å². The van der Waals surface area contributed by atoms with Crippen LogP contribution in [-0.4, -0.2) is 30.6 Å². The summed E-state index contributed by atoms with van der Waals surface area (Å²) in [5.74, 6) is 1.79. The van der Waals surface area contributed by atoms with E-state index in [1.165, 1.54) is 0 Å². The van der Waals surface area contributed by atoms with E-state index < -0.39 is 12.1 Å². The van der Waals surface area contributed by atoms with Crippen molar-refractivity contribution in [2.75, 3.05) is 19.5 Å². The third-order valence-electron chi connectivity index (χ3n) is 3.88. The number of rotatable bonds is 5. The molecule has 0 spiro atoms. The second-order valence-electron chi connectivity index (χ2n) is 5.29. The molecular formula is C17H16ClN3O4. The van der Waals surface area contributed by atoms with Crippen molar-refractivity contribution in [3.8, 4) is 17.2 Å². The number of hydrogen-bond acceptors (Lipinski definition) is 5. The minimum absolute atomic E-state index is 0.0206. The van der Waals surface area contributed by atoms with Crippen LogP contribution in [0.5, 0.6) is 17.2 Å². The topological polar surface area (TPSA) is 80.2 Å². The van der Waals surface area contributed by atoms with E-state index in [9.17, 15) is 9.70 Å². The van der Waals surface area contributed by atoms with Crippen LogP contribution in [0.15, 0.2) is 47.8 Å². The predicted octanol–water partition coefficient (Wildman–Crippen LogP) is 3.82. The van der Waals surface area contributed by atoms with Crippen molar-refractivity contribution in [1.29, 1.82) is 0 Å². The zero-order chi connectivity index (χ0) is 17.8. The molecule has 25 heavy (non-hydrogen) atoms. The lowest BCUT2D eigenvalue weighted by Crippen LogP contribution is -2.40. The van der Waals surface area contributed by atoms with Crippen LogP contribution >= 0.6 is 11.6 Å². The van der Waals surface area contributed by atoms with Crippen molar-refractivity contribution in [3.63, 3.8) is 0 Å². The van der Waals surface area contributed by atoms with E-state index >= 15 is 0 Å². The molecule has 1 heterocycles. The molecule has 3 rings (SSSR count). The SMILES string of the molecule is COc1cccc2c1Oc1ccccc1C2NC(=O)N(CCCl)N=O. The average Bonchev–Trinajstić information content (AvgIpc) is 2.65. The minimum atomic E-state index is -0.633. The molecule has 0 aromatic heterocycles. The molecule has 8 heteroatoms. The normalized spacial score (nSPS) is 14.6. The number of nitroso groups, excluding NO2 is 1. The Morgan fingerprint density at radius 1 is 1.28 bits per heavy atom. The fourth-order valence-electron chi connectivity index (χ4n) is 2.73. The Labute approximate surface area is 149 Å². The van der Waals surface area contributed by atoms with E-state index in [-0.39, 0.29) is 12.4 Å². The zero-order valence-electron chi connectivity index (χ0n) is 13.4. The van der Waals surface area contributed by atoms with Gasteiger partial charge in [-0.3, -0.25) is 0 Å². The number of amides is 2. The highest BCUT2D eigenvalue weighted by Gasteiger charge is 2.31. The van der Waals surface area contributed by atoms with E-state index in [0.717, 1.165) is 16.1 Å². The number of ether oxygens (including phenoxy) is 2. The number of methoxy groups -OCH3 is 1. The summed E-state index contributed by atoms with van der Waals surface area (Å²) >= 11 is 5.61. The van der Waals surface area contributed by atoms with Crippen molar-refractivity contribution >= 4 is 17.6 Å². The van der Waals surface area contributed by atoms with E-state index in [1.807, 2.05) is 30.3 Å². The van der Waals surface area contributed by atoms with Crippen molar-refractivity contribution in [1.82, 2.24) is 10.3 Å². The second kappa shape index (κ2) is 7.40. The quantitative estimate of drug-likeness (QED) is 0.498. The van der Waals surface area contributed by atoms with Gasteiger partial charge in [-0.05, 0) is 12.1 Å². The van der Waals surface area contributed by atoms with Crippen LogP contribution in [0.25, 0.3) is 0 Å². The minimum Gasteiger partial charge on any atom is -0.493 e. The van der Waals surface area contributed by atoms with Gasteiger partial charge in [0.1, 0.15) is 5.75 Å². The lowest BCUT2D eigenvalue weighted by Gasteiger charge is -2.30. The molecule has 2 amide bonds. The summed E-state index contributed by atoms with van der Waals surface area (Å²) in [6.07, 6.45) is 0. The monoisotopic (exact) mass is 361 g/mol. The molecule has 2 aromatic rings. The summed E-state index contributed by atoms with van der Waals surface area (Å²) in [7, 11) is 1.55. The summed E-state index contributed by atoms with van der Waals surface area (Å²) in [5.41, 5.74) is 1.50. The van der Waals surface area contributed by atoms with Gasteiger partial charge in [-0.25, -0.2) is 4.79 Å². The Balaban J connectivity index is 2.01. The van der Waals surface area contributed by atoms with Gasteiger partial charge in [0.25, 0.3) is 0 Å². The molecule has 0 radical (unpaired) electrons. The molecule has 1 aliphatic heterocycles. The number of hydrogen-bond donors (Lipinski definition) is 1. The first-order valence-electron chi connectivity index (χ1n) is 7.60. The highest BCUT2D eigenvalue weighted by Crippen LogP contribution is 2.47. The van der Waals surface area contributed by atoms with Crippen LogP contribution in [0, 0.1) is 4.91 Å². The smallest absolute Gasteiger partial charge is 0.341 e. The van der Waals surface area contributed by atoms with Gasteiger partial charge in [0, 0.05) is 17.0 Å². The van der Waals surface area contributed by atoms with Gasteiger partial charge in [-0.1, -0.05) is 30.3 Å². The van der Waals surface area contributed by atoms with Crippen LogP contribution in [0.4, 0.5) is 4.79 Å². The highest BCUT2D eigenvalue weighted by atomic mass is 35.5. The van der Waals surface area contributed by atoms with Crippen molar-refractivity contribution in [3.05, 3.63) is 58.5 Å². The van der Waals surface area contributed by atoms with E-state index in [0.29, 0.717) is 17.2 Å². The predicted molar refractivity (Wildman–Crippen MR) is 93.1 cm³/mol. The van der Waals surface area contributed by atoms with Gasteiger partial charge in [-0.15, -0.1) is 16.5 Å². The molecule has 0 bridgehead atoms. The lowest BCUT2D eigenvalue weighted by molar-refractivity contribution is 0.199. The van der Waals surface area contributed by atoms with Gasteiger partial charge in [0.2, 0.25) is 0 Å². The molecule has 0 saturated heterocycles. The molecule has 130 valence electrons. The lowest BCUT2D eigenvalue weighted by atomic mass is 9.94. The number of nitrogens with one attached hydrogen (secondary N) is 1. The van der Waals surface area contributed by atoms with E-state index in [1.54, 1.807) is 19.2 Å². The summed E-state index contributed by atoms with van der Waals surface area (Å²) in [6, 6.07) is 11.6. The first-order chi connectivity index (χ1) is 12.2. The number of carbonyl (C=O) groups excluding carboxylic acids is 1. The third-order valence-corrected chi connectivity index (χ3v) is 4.05. The molecule has 1 atom stereocenters. The molecule has 1 unspecified atom stereocenters. The molecule has 7 nitrogen and oxygen atoms in total. The van der Waals surface area contributed by atoms with Gasteiger partial charge < -0.3 is 14.8 Å². The second-order valence-corrected chi connectivity index (χ2v) is 5.67. The number of urea groups is 1. The fraction of sp³-hybridized carbons (Fsp3) is 0.235. The number of nitrogens with zero attached hydrogens (tertiary/aromatic N) is 2. The molecule has 1 aliphatic rings. The number of para-hydroxylation sites is 2. The molecule has 0 aliphatic carbocycles. The Bertz CT molecular complexity index is 799.